The van der Waals surface area contributed by atoms with Crippen LogP contribution in [-0.4, -0.2) is 18.3 Å². The van der Waals surface area contributed by atoms with Crippen LogP contribution in [0.15, 0.2) is 33.2 Å². The van der Waals surface area contributed by atoms with Gasteiger partial charge in [-0.3, -0.25) is 0 Å². The molecule has 1 heterocycles. The second-order valence-corrected chi connectivity index (χ2v) is 5.63. The lowest BCUT2D eigenvalue weighted by molar-refractivity contribution is 0.155. The number of fused-ring (bicyclic) bond motifs is 1. The first kappa shape index (κ1) is 13.6. The van der Waals surface area contributed by atoms with Crippen LogP contribution in [0.25, 0.3) is 11.0 Å². The Hall–Kier alpha value is -0.840. The van der Waals surface area contributed by atoms with Crippen molar-refractivity contribution in [1.29, 1.82) is 0 Å². The van der Waals surface area contributed by atoms with Crippen molar-refractivity contribution >= 4 is 26.9 Å². The number of hydrogen-bond donors (Lipinski definition) is 2. The third kappa shape index (κ3) is 2.60. The lowest BCUT2D eigenvalue weighted by Crippen LogP contribution is -2.42. The van der Waals surface area contributed by atoms with Crippen molar-refractivity contribution in [3.63, 3.8) is 0 Å². The maximum absolute atomic E-state index is 9.61. The maximum atomic E-state index is 9.61. The molecule has 2 aromatic rings. The summed E-state index contributed by atoms with van der Waals surface area (Å²) in [6.07, 6.45) is 1.02. The summed E-state index contributed by atoms with van der Waals surface area (Å²) in [6, 6.07) is 7.88. The van der Waals surface area contributed by atoms with Crippen LogP contribution in [0.4, 0.5) is 0 Å². The van der Waals surface area contributed by atoms with E-state index in [9.17, 15) is 5.11 Å². The van der Waals surface area contributed by atoms with E-state index in [1.807, 2.05) is 31.2 Å². The molecule has 2 N–H and O–H groups in total. The minimum absolute atomic E-state index is 0.00793. The third-order valence-electron chi connectivity index (χ3n) is 3.10. The van der Waals surface area contributed by atoms with E-state index in [1.165, 1.54) is 0 Å². The maximum Gasteiger partial charge on any atom is 0.134 e. The van der Waals surface area contributed by atoms with E-state index in [4.69, 9.17) is 4.42 Å². The van der Waals surface area contributed by atoms with Crippen LogP contribution in [-0.2, 0) is 5.54 Å². The van der Waals surface area contributed by atoms with Gasteiger partial charge in [-0.1, -0.05) is 22.9 Å². The second-order valence-electron chi connectivity index (χ2n) is 4.71. The summed E-state index contributed by atoms with van der Waals surface area (Å²) in [7, 11) is 0. The van der Waals surface area contributed by atoms with Gasteiger partial charge in [-0.2, -0.15) is 0 Å². The van der Waals surface area contributed by atoms with E-state index in [2.05, 4.69) is 28.2 Å². The first-order chi connectivity index (χ1) is 8.59. The summed E-state index contributed by atoms with van der Waals surface area (Å²) >= 11 is 3.44. The molecular weight excluding hydrogens is 294 g/mol. The molecule has 0 aliphatic heterocycles. The Morgan fingerprint density at radius 2 is 2.17 bits per heavy atom. The predicted molar refractivity (Wildman–Crippen MR) is 76.6 cm³/mol. The van der Waals surface area contributed by atoms with Crippen molar-refractivity contribution in [2.45, 2.75) is 25.8 Å². The van der Waals surface area contributed by atoms with E-state index in [0.717, 1.165) is 34.2 Å². The van der Waals surface area contributed by atoms with Crippen molar-refractivity contribution in [2.75, 3.05) is 13.2 Å². The zero-order chi connectivity index (χ0) is 13.2. The number of halogens is 1. The topological polar surface area (TPSA) is 45.4 Å². The van der Waals surface area contributed by atoms with Gasteiger partial charge in [0.1, 0.15) is 11.3 Å². The fourth-order valence-corrected chi connectivity index (χ4v) is 2.29. The minimum atomic E-state index is -0.526. The van der Waals surface area contributed by atoms with Crippen LogP contribution in [0.1, 0.15) is 26.0 Å². The highest BCUT2D eigenvalue weighted by atomic mass is 79.9. The van der Waals surface area contributed by atoms with E-state index in [-0.39, 0.29) is 6.61 Å². The molecule has 0 saturated carbocycles. The van der Waals surface area contributed by atoms with Crippen molar-refractivity contribution in [3.05, 3.63) is 34.5 Å². The number of rotatable bonds is 5. The fraction of sp³-hybridized carbons (Fsp3) is 0.429. The van der Waals surface area contributed by atoms with Crippen LogP contribution < -0.4 is 5.32 Å². The summed E-state index contributed by atoms with van der Waals surface area (Å²) in [6.45, 7) is 4.90. The van der Waals surface area contributed by atoms with Crippen LogP contribution in [0, 0.1) is 0 Å². The van der Waals surface area contributed by atoms with Crippen molar-refractivity contribution < 1.29 is 9.52 Å². The molecule has 1 aromatic heterocycles. The predicted octanol–water partition coefficient (Wildman–Crippen LogP) is 3.40. The van der Waals surface area contributed by atoms with E-state index in [0.29, 0.717) is 0 Å². The summed E-state index contributed by atoms with van der Waals surface area (Å²) < 4.78 is 6.86. The van der Waals surface area contributed by atoms with Crippen molar-refractivity contribution in [2.24, 2.45) is 0 Å². The van der Waals surface area contributed by atoms with Crippen molar-refractivity contribution in [1.82, 2.24) is 5.32 Å². The first-order valence-electron chi connectivity index (χ1n) is 6.14. The molecule has 3 nitrogen and oxygen atoms in total. The van der Waals surface area contributed by atoms with Gasteiger partial charge in [-0.15, -0.1) is 0 Å². The Bertz CT molecular complexity index is 538. The molecule has 0 bridgehead atoms. The third-order valence-corrected chi connectivity index (χ3v) is 3.60. The van der Waals surface area contributed by atoms with Crippen LogP contribution in [0.3, 0.4) is 0 Å². The smallest absolute Gasteiger partial charge is 0.134 e. The number of nitrogens with one attached hydrogen (secondary N) is 1. The molecule has 0 amide bonds. The summed E-state index contributed by atoms with van der Waals surface area (Å²) in [5, 5.41) is 14.0. The molecule has 1 aromatic carbocycles. The van der Waals surface area contributed by atoms with Gasteiger partial charge in [-0.25, -0.2) is 0 Å². The molecule has 0 aliphatic carbocycles. The molecule has 18 heavy (non-hydrogen) atoms. The molecule has 2 rings (SSSR count). The minimum Gasteiger partial charge on any atom is -0.459 e. The van der Waals surface area contributed by atoms with Gasteiger partial charge in [0.25, 0.3) is 0 Å². The Kier molecular flexibility index (Phi) is 4.10. The van der Waals surface area contributed by atoms with Gasteiger partial charge in [0.2, 0.25) is 0 Å². The van der Waals surface area contributed by atoms with Crippen molar-refractivity contribution in [3.8, 4) is 0 Å². The molecular formula is C14H18BrNO2. The van der Waals surface area contributed by atoms with Crippen LogP contribution in [0.5, 0.6) is 0 Å². The number of benzene rings is 1. The average molecular weight is 312 g/mol. The molecule has 1 atom stereocenters. The highest BCUT2D eigenvalue weighted by molar-refractivity contribution is 9.10. The van der Waals surface area contributed by atoms with Gasteiger partial charge in [-0.05, 0) is 44.2 Å². The summed E-state index contributed by atoms with van der Waals surface area (Å²) in [4.78, 5) is 0. The Labute approximate surface area is 115 Å². The zero-order valence-electron chi connectivity index (χ0n) is 10.7. The Morgan fingerprint density at radius 1 is 1.39 bits per heavy atom. The van der Waals surface area contributed by atoms with Gasteiger partial charge >= 0.3 is 0 Å². The SMILES string of the molecule is CCCNC(C)(CO)c1cc2cc(Br)ccc2o1. The average Bonchev–Trinajstić information content (AvgIpc) is 2.79. The molecule has 0 saturated heterocycles. The van der Waals surface area contributed by atoms with E-state index in [1.54, 1.807) is 0 Å². The highest BCUT2D eigenvalue weighted by Crippen LogP contribution is 2.29. The summed E-state index contributed by atoms with van der Waals surface area (Å²) in [5.74, 6) is 0.770. The first-order valence-corrected chi connectivity index (χ1v) is 6.94. The quantitative estimate of drug-likeness (QED) is 0.889. The molecule has 0 aliphatic rings. The van der Waals surface area contributed by atoms with Gasteiger partial charge in [0, 0.05) is 9.86 Å². The number of aliphatic hydroxyl groups excluding tert-OH is 1. The second kappa shape index (κ2) is 5.43. The standard InChI is InChI=1S/C14H18BrNO2/c1-3-6-16-14(2,9-17)13-8-10-7-11(15)4-5-12(10)18-13/h4-5,7-8,16-17H,3,6,9H2,1-2H3. The summed E-state index contributed by atoms with van der Waals surface area (Å²) in [5.41, 5.74) is 0.313. The molecule has 98 valence electrons. The molecule has 1 unspecified atom stereocenters. The molecule has 0 fully saturated rings. The van der Waals surface area contributed by atoms with Crippen LogP contribution >= 0.6 is 15.9 Å². The van der Waals surface area contributed by atoms with Gasteiger partial charge in [0.15, 0.2) is 0 Å². The Morgan fingerprint density at radius 3 is 2.83 bits per heavy atom. The lowest BCUT2D eigenvalue weighted by Gasteiger charge is -2.26. The molecule has 0 spiro atoms. The van der Waals surface area contributed by atoms with Crippen LogP contribution in [0.2, 0.25) is 0 Å². The van der Waals surface area contributed by atoms with Gasteiger partial charge < -0.3 is 14.8 Å². The monoisotopic (exact) mass is 311 g/mol. The van der Waals surface area contributed by atoms with E-state index >= 15 is 0 Å². The molecule has 0 radical (unpaired) electrons. The number of hydrogen-bond acceptors (Lipinski definition) is 3. The van der Waals surface area contributed by atoms with Gasteiger partial charge in [0.05, 0.1) is 12.1 Å². The zero-order valence-corrected chi connectivity index (χ0v) is 12.3. The highest BCUT2D eigenvalue weighted by Gasteiger charge is 2.28. The lowest BCUT2D eigenvalue weighted by atomic mass is 9.99. The van der Waals surface area contributed by atoms with E-state index < -0.39 is 5.54 Å². The number of furan rings is 1. The largest absolute Gasteiger partial charge is 0.459 e. The number of aliphatic hydroxyl groups is 1. The fourth-order valence-electron chi connectivity index (χ4n) is 1.91. The normalized spacial score (nSPS) is 14.9. The molecule has 4 heteroatoms. The Balaban J connectivity index is 2.39.